The van der Waals surface area contributed by atoms with Crippen LogP contribution in [0.1, 0.15) is 143 Å². The second-order valence-electron chi connectivity index (χ2n) is 10.8. The summed E-state index contributed by atoms with van der Waals surface area (Å²) in [5.41, 5.74) is -0.469. The van der Waals surface area contributed by atoms with Crippen molar-refractivity contribution >= 4 is 12.0 Å². The summed E-state index contributed by atoms with van der Waals surface area (Å²) in [6.45, 7) is 7.88. The first-order valence-corrected chi connectivity index (χ1v) is 13.6. The van der Waals surface area contributed by atoms with Crippen molar-refractivity contribution in [3.63, 3.8) is 0 Å². The van der Waals surface area contributed by atoms with Crippen molar-refractivity contribution in [1.29, 1.82) is 0 Å². The maximum atomic E-state index is 12.2. The summed E-state index contributed by atoms with van der Waals surface area (Å²) in [6, 6.07) is 0.403. The monoisotopic (exact) mass is 452 g/mol. The van der Waals surface area contributed by atoms with E-state index in [0.29, 0.717) is 6.42 Å². The molecule has 2 N–H and O–H groups in total. The Hall–Kier alpha value is -1.26. The number of ether oxygens (including phenoxy) is 1. The molecule has 0 aromatic heterocycles. The average molecular weight is 453 g/mol. The largest absolute Gasteiger partial charge is 0.444 e. The molecule has 2 amide bonds. The lowest BCUT2D eigenvalue weighted by Gasteiger charge is -2.30. The molecule has 0 heterocycles. The molecule has 0 unspecified atom stereocenters. The first-order chi connectivity index (χ1) is 15.3. The SMILES string of the molecule is CCCCCCCCCCCCCCCC(=O)N[C@H]1CC[C@H](NC(=O)OC(C)(C)C)CC1. The Bertz CT molecular complexity index is 494. The van der Waals surface area contributed by atoms with E-state index in [-0.39, 0.29) is 24.1 Å². The molecule has 5 nitrogen and oxygen atoms in total. The lowest BCUT2D eigenvalue weighted by atomic mass is 9.91. The van der Waals surface area contributed by atoms with Gasteiger partial charge in [-0.3, -0.25) is 4.79 Å². The fraction of sp³-hybridized carbons (Fsp3) is 0.926. The molecule has 1 aliphatic carbocycles. The number of amides is 2. The molecule has 1 rings (SSSR count). The molecule has 0 spiro atoms. The van der Waals surface area contributed by atoms with Crippen LogP contribution in [0.4, 0.5) is 4.79 Å². The van der Waals surface area contributed by atoms with Gasteiger partial charge in [0, 0.05) is 18.5 Å². The smallest absolute Gasteiger partial charge is 0.407 e. The van der Waals surface area contributed by atoms with E-state index >= 15 is 0 Å². The number of carbonyl (C=O) groups is 2. The fourth-order valence-corrected chi connectivity index (χ4v) is 4.46. The molecule has 0 atom stereocenters. The van der Waals surface area contributed by atoms with Gasteiger partial charge in [0.2, 0.25) is 5.91 Å². The van der Waals surface area contributed by atoms with Crippen molar-refractivity contribution in [2.45, 2.75) is 161 Å². The van der Waals surface area contributed by atoms with E-state index in [0.717, 1.165) is 38.5 Å². The molecule has 0 saturated heterocycles. The predicted molar refractivity (Wildman–Crippen MR) is 134 cm³/mol. The number of carbonyl (C=O) groups excluding carboxylic acids is 2. The van der Waals surface area contributed by atoms with Crippen molar-refractivity contribution in [2.24, 2.45) is 0 Å². The second-order valence-corrected chi connectivity index (χ2v) is 10.8. The first-order valence-electron chi connectivity index (χ1n) is 13.6. The van der Waals surface area contributed by atoms with Gasteiger partial charge >= 0.3 is 6.09 Å². The van der Waals surface area contributed by atoms with Crippen LogP contribution >= 0.6 is 0 Å². The molecule has 0 aliphatic heterocycles. The Morgan fingerprint density at radius 1 is 0.688 bits per heavy atom. The Kier molecular flexibility index (Phi) is 15.5. The molecule has 188 valence electrons. The van der Waals surface area contributed by atoms with E-state index in [1.807, 2.05) is 20.8 Å². The quantitative estimate of drug-likeness (QED) is 0.239. The van der Waals surface area contributed by atoms with Gasteiger partial charge in [-0.2, -0.15) is 0 Å². The Morgan fingerprint density at radius 2 is 1.09 bits per heavy atom. The molecule has 1 saturated carbocycles. The molecule has 5 heteroatoms. The Labute approximate surface area is 198 Å². The maximum absolute atomic E-state index is 12.2. The highest BCUT2D eigenvalue weighted by atomic mass is 16.6. The number of hydrogen-bond acceptors (Lipinski definition) is 3. The maximum Gasteiger partial charge on any atom is 0.407 e. The summed E-state index contributed by atoms with van der Waals surface area (Å²) in [4.78, 5) is 24.1. The second kappa shape index (κ2) is 17.2. The average Bonchev–Trinajstić information content (AvgIpc) is 2.71. The molecule has 32 heavy (non-hydrogen) atoms. The molecule has 1 aliphatic rings. The van der Waals surface area contributed by atoms with Gasteiger partial charge < -0.3 is 15.4 Å². The summed E-state index contributed by atoms with van der Waals surface area (Å²) >= 11 is 0. The van der Waals surface area contributed by atoms with Crippen molar-refractivity contribution in [3.05, 3.63) is 0 Å². The van der Waals surface area contributed by atoms with Crippen LogP contribution in [0.2, 0.25) is 0 Å². The molecule has 1 fully saturated rings. The van der Waals surface area contributed by atoms with Gasteiger partial charge in [0.25, 0.3) is 0 Å². The summed E-state index contributed by atoms with van der Waals surface area (Å²) < 4.78 is 5.32. The van der Waals surface area contributed by atoms with Crippen LogP contribution in [0.5, 0.6) is 0 Å². The summed E-state index contributed by atoms with van der Waals surface area (Å²) in [6.07, 6.45) is 21.2. The van der Waals surface area contributed by atoms with Crippen LogP contribution in [-0.4, -0.2) is 29.7 Å². The number of unbranched alkanes of at least 4 members (excludes halogenated alkanes) is 12. The van der Waals surface area contributed by atoms with E-state index in [4.69, 9.17) is 4.74 Å². The lowest BCUT2D eigenvalue weighted by Crippen LogP contribution is -2.45. The first kappa shape index (κ1) is 28.8. The topological polar surface area (TPSA) is 67.4 Å². The summed E-state index contributed by atoms with van der Waals surface area (Å²) in [5.74, 6) is 0.191. The zero-order valence-electron chi connectivity index (χ0n) is 21.6. The third kappa shape index (κ3) is 16.4. The van der Waals surface area contributed by atoms with Gasteiger partial charge in [0.05, 0.1) is 0 Å². The van der Waals surface area contributed by atoms with Crippen LogP contribution in [0.3, 0.4) is 0 Å². The Balaban J connectivity index is 1.93. The minimum atomic E-state index is -0.469. The van der Waals surface area contributed by atoms with Crippen LogP contribution < -0.4 is 10.6 Å². The third-order valence-electron chi connectivity index (χ3n) is 6.32. The molecule has 0 bridgehead atoms. The predicted octanol–water partition coefficient (Wildman–Crippen LogP) is 7.42. The Morgan fingerprint density at radius 3 is 1.53 bits per heavy atom. The zero-order valence-corrected chi connectivity index (χ0v) is 21.6. The van der Waals surface area contributed by atoms with Crippen LogP contribution in [-0.2, 0) is 9.53 Å². The van der Waals surface area contributed by atoms with Crippen LogP contribution in [0, 0.1) is 0 Å². The molecule has 0 aromatic rings. The van der Waals surface area contributed by atoms with Crippen molar-refractivity contribution in [1.82, 2.24) is 10.6 Å². The highest BCUT2D eigenvalue weighted by Gasteiger charge is 2.25. The van der Waals surface area contributed by atoms with E-state index in [1.54, 1.807) is 0 Å². The van der Waals surface area contributed by atoms with E-state index < -0.39 is 5.60 Å². The van der Waals surface area contributed by atoms with Gasteiger partial charge in [0.15, 0.2) is 0 Å². The third-order valence-corrected chi connectivity index (χ3v) is 6.32. The molecule has 0 aromatic carbocycles. The fourth-order valence-electron chi connectivity index (χ4n) is 4.46. The molecule has 0 radical (unpaired) electrons. The lowest BCUT2D eigenvalue weighted by molar-refractivity contribution is -0.122. The molecular formula is C27H52N2O3. The van der Waals surface area contributed by atoms with E-state index in [9.17, 15) is 9.59 Å². The number of alkyl carbamates (subject to hydrolysis) is 1. The van der Waals surface area contributed by atoms with Gasteiger partial charge in [-0.15, -0.1) is 0 Å². The summed E-state index contributed by atoms with van der Waals surface area (Å²) in [7, 11) is 0. The van der Waals surface area contributed by atoms with Gasteiger partial charge in [-0.25, -0.2) is 4.79 Å². The standard InChI is InChI=1S/C27H52N2O3/c1-5-6-7-8-9-10-11-12-13-14-15-16-17-18-25(30)28-23-19-21-24(22-20-23)29-26(31)32-27(2,3)4/h23-24H,5-22H2,1-4H3,(H,28,30)(H,29,31)/t23-,24-. The van der Waals surface area contributed by atoms with Crippen molar-refractivity contribution in [2.75, 3.05) is 0 Å². The molecular weight excluding hydrogens is 400 g/mol. The van der Waals surface area contributed by atoms with Gasteiger partial charge in [0.1, 0.15) is 5.60 Å². The minimum absolute atomic E-state index is 0.152. The number of nitrogens with one attached hydrogen (secondary N) is 2. The van der Waals surface area contributed by atoms with Gasteiger partial charge in [-0.1, -0.05) is 84.0 Å². The van der Waals surface area contributed by atoms with Crippen LogP contribution in [0.25, 0.3) is 0 Å². The van der Waals surface area contributed by atoms with Gasteiger partial charge in [-0.05, 0) is 52.9 Å². The van der Waals surface area contributed by atoms with Crippen molar-refractivity contribution < 1.29 is 14.3 Å². The van der Waals surface area contributed by atoms with E-state index in [1.165, 1.54) is 70.6 Å². The normalized spacial score (nSPS) is 18.9. The summed E-state index contributed by atoms with van der Waals surface area (Å²) in [5, 5.41) is 6.15. The number of hydrogen-bond donors (Lipinski definition) is 2. The minimum Gasteiger partial charge on any atom is -0.444 e. The van der Waals surface area contributed by atoms with Crippen molar-refractivity contribution in [3.8, 4) is 0 Å². The zero-order chi connectivity index (χ0) is 23.7. The van der Waals surface area contributed by atoms with E-state index in [2.05, 4.69) is 17.6 Å². The van der Waals surface area contributed by atoms with Crippen LogP contribution in [0.15, 0.2) is 0 Å². The number of rotatable bonds is 16. The highest BCUT2D eigenvalue weighted by molar-refractivity contribution is 5.76. The highest BCUT2D eigenvalue weighted by Crippen LogP contribution is 2.20.